The Bertz CT molecular complexity index is 1370. The molecule has 1 aliphatic rings. The van der Waals surface area contributed by atoms with Gasteiger partial charge in [-0.2, -0.15) is 5.26 Å². The number of benzene rings is 2. The van der Waals surface area contributed by atoms with Crippen LogP contribution in [0.1, 0.15) is 40.9 Å². The Morgan fingerprint density at radius 1 is 1.27 bits per heavy atom. The van der Waals surface area contributed by atoms with Gasteiger partial charge in [0.2, 0.25) is 10.0 Å². The third-order valence-electron chi connectivity index (χ3n) is 5.80. The van der Waals surface area contributed by atoms with Crippen LogP contribution < -0.4 is 9.62 Å². The van der Waals surface area contributed by atoms with Crippen LogP contribution in [0.4, 0.5) is 5.69 Å². The van der Waals surface area contributed by atoms with Crippen LogP contribution in [0.3, 0.4) is 0 Å². The van der Waals surface area contributed by atoms with Gasteiger partial charge in [0.25, 0.3) is 5.91 Å². The molecule has 1 aromatic heterocycles. The van der Waals surface area contributed by atoms with Gasteiger partial charge in [0.1, 0.15) is 11.3 Å². The highest BCUT2D eigenvalue weighted by atomic mass is 32.2. The van der Waals surface area contributed by atoms with Gasteiger partial charge in [-0.15, -0.1) is 0 Å². The van der Waals surface area contributed by atoms with Gasteiger partial charge in [0.05, 0.1) is 48.7 Å². The van der Waals surface area contributed by atoms with Crippen LogP contribution in [0.2, 0.25) is 0 Å². The maximum atomic E-state index is 12.9. The second-order valence-electron chi connectivity index (χ2n) is 8.22. The third-order valence-corrected chi connectivity index (χ3v) is 6.94. The summed E-state index contributed by atoms with van der Waals surface area (Å²) in [4.78, 5) is 12.9. The SMILES string of the molecule is CNC(=O)c1c(-c2ccc(C)cc2)oc2cc3c(cc12)C(C)OC(CC#N)CN3S(C)(=O)=O. The molecule has 3 aromatic rings. The molecule has 0 saturated heterocycles. The van der Waals surface area contributed by atoms with Crippen LogP contribution >= 0.6 is 0 Å². The summed E-state index contributed by atoms with van der Waals surface area (Å²) in [5.74, 6) is 0.0974. The molecule has 2 aromatic carbocycles. The summed E-state index contributed by atoms with van der Waals surface area (Å²) < 4.78 is 38.8. The molecule has 4 rings (SSSR count). The summed E-state index contributed by atoms with van der Waals surface area (Å²) in [6.07, 6.45) is 0.0994. The molecule has 0 radical (unpaired) electrons. The highest BCUT2D eigenvalue weighted by Gasteiger charge is 2.33. The summed E-state index contributed by atoms with van der Waals surface area (Å²) >= 11 is 0. The first-order chi connectivity index (χ1) is 15.6. The minimum atomic E-state index is -3.66. The fourth-order valence-electron chi connectivity index (χ4n) is 4.17. The van der Waals surface area contributed by atoms with Crippen molar-refractivity contribution in [2.45, 2.75) is 32.5 Å². The second kappa shape index (κ2) is 8.54. The second-order valence-corrected chi connectivity index (χ2v) is 10.1. The van der Waals surface area contributed by atoms with Crippen LogP contribution in [0.15, 0.2) is 40.8 Å². The molecule has 9 heteroatoms. The van der Waals surface area contributed by atoms with Gasteiger partial charge in [-0.05, 0) is 19.9 Å². The highest BCUT2D eigenvalue weighted by Crippen LogP contribution is 2.42. The Kier molecular flexibility index (Phi) is 5.91. The Morgan fingerprint density at radius 3 is 2.58 bits per heavy atom. The number of furan rings is 1. The van der Waals surface area contributed by atoms with Crippen molar-refractivity contribution in [3.8, 4) is 17.4 Å². The lowest BCUT2D eigenvalue weighted by molar-refractivity contribution is 0.00952. The molecule has 1 aliphatic heterocycles. The van der Waals surface area contributed by atoms with Crippen molar-refractivity contribution < 1.29 is 22.4 Å². The summed E-state index contributed by atoms with van der Waals surface area (Å²) in [5.41, 5.74) is 3.60. The van der Waals surface area contributed by atoms with Crippen LogP contribution in [0.25, 0.3) is 22.3 Å². The Hall–Kier alpha value is -3.35. The van der Waals surface area contributed by atoms with E-state index >= 15 is 0 Å². The predicted molar refractivity (Wildman–Crippen MR) is 125 cm³/mol. The molecule has 0 fully saturated rings. The topological polar surface area (TPSA) is 113 Å². The van der Waals surface area contributed by atoms with E-state index in [2.05, 4.69) is 11.4 Å². The van der Waals surface area contributed by atoms with E-state index in [0.717, 1.165) is 17.4 Å². The number of carbonyl (C=O) groups excluding carboxylic acids is 1. The molecule has 0 saturated carbocycles. The molecule has 2 atom stereocenters. The van der Waals surface area contributed by atoms with Gasteiger partial charge < -0.3 is 14.5 Å². The van der Waals surface area contributed by atoms with E-state index in [1.807, 2.05) is 31.2 Å². The van der Waals surface area contributed by atoms with E-state index in [-0.39, 0.29) is 18.9 Å². The van der Waals surface area contributed by atoms with E-state index < -0.39 is 22.2 Å². The maximum absolute atomic E-state index is 12.9. The Morgan fingerprint density at radius 2 is 1.97 bits per heavy atom. The fourth-order valence-corrected chi connectivity index (χ4v) is 5.12. The molecule has 2 heterocycles. The fraction of sp³-hybridized carbons (Fsp3) is 0.333. The number of hydrogen-bond acceptors (Lipinski definition) is 6. The molecule has 0 bridgehead atoms. The number of hydrogen-bond donors (Lipinski definition) is 1. The number of nitrogens with one attached hydrogen (secondary N) is 1. The van der Waals surface area contributed by atoms with Crippen molar-refractivity contribution in [3.05, 3.63) is 53.1 Å². The van der Waals surface area contributed by atoms with Crippen LogP contribution in [0.5, 0.6) is 0 Å². The minimum Gasteiger partial charge on any atom is -0.455 e. The summed E-state index contributed by atoms with van der Waals surface area (Å²) in [5, 5.41) is 12.4. The summed E-state index contributed by atoms with van der Waals surface area (Å²) in [6.45, 7) is 3.80. The van der Waals surface area contributed by atoms with Crippen molar-refractivity contribution in [1.82, 2.24) is 5.32 Å². The molecule has 0 aliphatic carbocycles. The van der Waals surface area contributed by atoms with Crippen LogP contribution in [-0.4, -0.2) is 40.3 Å². The minimum absolute atomic E-state index is 0.0169. The largest absolute Gasteiger partial charge is 0.455 e. The number of nitriles is 1. The molecular weight excluding hydrogens is 442 g/mol. The first kappa shape index (κ1) is 22.8. The number of aryl methyl sites for hydroxylation is 1. The number of carbonyl (C=O) groups is 1. The number of anilines is 1. The summed E-state index contributed by atoms with van der Waals surface area (Å²) in [6, 6.07) is 13.1. The van der Waals surface area contributed by atoms with Gasteiger partial charge in [-0.3, -0.25) is 9.10 Å². The van der Waals surface area contributed by atoms with E-state index in [1.54, 1.807) is 26.1 Å². The number of fused-ring (bicyclic) bond motifs is 2. The number of rotatable bonds is 4. The average Bonchev–Trinajstić information content (AvgIpc) is 3.07. The molecule has 8 nitrogen and oxygen atoms in total. The molecule has 172 valence electrons. The zero-order valence-corrected chi connectivity index (χ0v) is 19.7. The molecular formula is C24H25N3O5S. The van der Waals surface area contributed by atoms with Crippen LogP contribution in [-0.2, 0) is 14.8 Å². The van der Waals surface area contributed by atoms with Crippen molar-refractivity contribution in [2.24, 2.45) is 0 Å². The smallest absolute Gasteiger partial charge is 0.255 e. The van der Waals surface area contributed by atoms with Gasteiger partial charge in [0, 0.05) is 29.6 Å². The van der Waals surface area contributed by atoms with E-state index in [9.17, 15) is 13.2 Å². The zero-order chi connectivity index (χ0) is 23.9. The van der Waals surface area contributed by atoms with E-state index in [4.69, 9.17) is 14.4 Å². The number of nitrogens with zero attached hydrogens (tertiary/aromatic N) is 2. The molecule has 0 spiro atoms. The number of ether oxygens (including phenoxy) is 1. The van der Waals surface area contributed by atoms with E-state index in [0.29, 0.717) is 33.5 Å². The quantitative estimate of drug-likeness (QED) is 0.623. The maximum Gasteiger partial charge on any atom is 0.255 e. The average molecular weight is 468 g/mol. The van der Waals surface area contributed by atoms with Gasteiger partial charge >= 0.3 is 0 Å². The van der Waals surface area contributed by atoms with Crippen molar-refractivity contribution >= 4 is 32.6 Å². The van der Waals surface area contributed by atoms with Gasteiger partial charge in [-0.1, -0.05) is 29.8 Å². The standard InChI is InChI=1S/C24H25N3O5S/c1-14-5-7-16(8-6-14)23-22(24(28)26-3)19-11-18-15(2)31-17(9-10-25)13-27(33(4,29)30)20(18)12-21(19)32-23/h5-8,11-12,15,17H,9,13H2,1-4H3,(H,26,28). The molecule has 33 heavy (non-hydrogen) atoms. The first-order valence-electron chi connectivity index (χ1n) is 10.5. The number of amides is 1. The van der Waals surface area contributed by atoms with Crippen molar-refractivity contribution in [3.63, 3.8) is 0 Å². The molecule has 1 N–H and O–H groups in total. The lowest BCUT2D eigenvalue weighted by atomic mass is 10.00. The lowest BCUT2D eigenvalue weighted by Crippen LogP contribution is -2.36. The summed E-state index contributed by atoms with van der Waals surface area (Å²) in [7, 11) is -2.12. The first-order valence-corrected chi connectivity index (χ1v) is 12.4. The Labute approximate surface area is 192 Å². The predicted octanol–water partition coefficient (Wildman–Crippen LogP) is 3.91. The van der Waals surface area contributed by atoms with Gasteiger partial charge in [-0.25, -0.2) is 8.42 Å². The highest BCUT2D eigenvalue weighted by molar-refractivity contribution is 7.92. The normalized spacial score (nSPS) is 18.5. The molecule has 2 unspecified atom stereocenters. The monoisotopic (exact) mass is 467 g/mol. The van der Waals surface area contributed by atoms with E-state index in [1.165, 1.54) is 4.31 Å². The lowest BCUT2D eigenvalue weighted by Gasteiger charge is -2.23. The van der Waals surface area contributed by atoms with Crippen LogP contribution in [0, 0.1) is 18.3 Å². The van der Waals surface area contributed by atoms with Crippen molar-refractivity contribution in [1.29, 1.82) is 5.26 Å². The Balaban J connectivity index is 1.99. The number of sulfonamides is 1. The molecule has 1 amide bonds. The van der Waals surface area contributed by atoms with Gasteiger partial charge in [0.15, 0.2) is 0 Å². The zero-order valence-electron chi connectivity index (χ0n) is 18.9. The third kappa shape index (κ3) is 4.19. The van der Waals surface area contributed by atoms with Crippen molar-refractivity contribution in [2.75, 3.05) is 24.2 Å².